The normalized spacial score (nSPS) is 29.6. The minimum absolute atomic E-state index is 0.0796. The van der Waals surface area contributed by atoms with Gasteiger partial charge in [-0.25, -0.2) is 0 Å². The summed E-state index contributed by atoms with van der Waals surface area (Å²) in [6.07, 6.45) is 4.23. The number of hydrogen-bond acceptors (Lipinski definition) is 7. The molecular formula is C23H40O7. The first kappa shape index (κ1) is 24.1. The van der Waals surface area contributed by atoms with E-state index < -0.39 is 5.79 Å². The van der Waals surface area contributed by atoms with Crippen LogP contribution in [0.5, 0.6) is 0 Å². The van der Waals surface area contributed by atoms with Crippen molar-refractivity contribution in [2.45, 2.75) is 51.7 Å². The summed E-state index contributed by atoms with van der Waals surface area (Å²) in [7, 11) is 1.66. The monoisotopic (exact) mass is 428 g/mol. The smallest absolute Gasteiger partial charge is 0.168 e. The molecule has 0 radical (unpaired) electrons. The van der Waals surface area contributed by atoms with Crippen LogP contribution in [0.2, 0.25) is 0 Å². The highest BCUT2D eigenvalue weighted by atomic mass is 16.7. The Morgan fingerprint density at radius 2 is 1.50 bits per heavy atom. The Morgan fingerprint density at radius 1 is 0.900 bits per heavy atom. The average Bonchev–Trinajstić information content (AvgIpc) is 3.19. The van der Waals surface area contributed by atoms with Crippen molar-refractivity contribution in [1.29, 1.82) is 0 Å². The number of ketones is 1. The zero-order valence-electron chi connectivity index (χ0n) is 19.0. The van der Waals surface area contributed by atoms with Gasteiger partial charge in [-0.1, -0.05) is 13.8 Å². The van der Waals surface area contributed by atoms with Crippen LogP contribution in [-0.4, -0.2) is 78.1 Å². The number of hydrogen-bond donors (Lipinski definition) is 0. The molecule has 2 saturated carbocycles. The molecule has 0 aromatic heterocycles. The maximum Gasteiger partial charge on any atom is 0.168 e. The van der Waals surface area contributed by atoms with Gasteiger partial charge in [-0.3, -0.25) is 4.79 Å². The molecule has 3 rings (SSSR count). The van der Waals surface area contributed by atoms with E-state index in [1.165, 1.54) is 0 Å². The van der Waals surface area contributed by atoms with Crippen LogP contribution in [0.3, 0.4) is 0 Å². The highest BCUT2D eigenvalue weighted by Gasteiger charge is 2.56. The van der Waals surface area contributed by atoms with Crippen molar-refractivity contribution in [3.8, 4) is 0 Å². The second-order valence-electron chi connectivity index (χ2n) is 9.73. The van der Waals surface area contributed by atoms with E-state index in [9.17, 15) is 4.79 Å². The summed E-state index contributed by atoms with van der Waals surface area (Å²) in [5.74, 6) is 0.947. The summed E-state index contributed by atoms with van der Waals surface area (Å²) >= 11 is 0. The molecule has 0 unspecified atom stereocenters. The minimum Gasteiger partial charge on any atom is -0.382 e. The third-order valence-electron chi connectivity index (χ3n) is 6.55. The van der Waals surface area contributed by atoms with Crippen LogP contribution in [0.15, 0.2) is 0 Å². The lowest BCUT2D eigenvalue weighted by Crippen LogP contribution is -2.46. The van der Waals surface area contributed by atoms with Crippen molar-refractivity contribution in [3.63, 3.8) is 0 Å². The molecule has 1 saturated heterocycles. The van der Waals surface area contributed by atoms with Gasteiger partial charge in [0, 0.05) is 44.3 Å². The van der Waals surface area contributed by atoms with Crippen LogP contribution in [0.4, 0.5) is 0 Å². The summed E-state index contributed by atoms with van der Waals surface area (Å²) < 4.78 is 33.8. The zero-order chi connectivity index (χ0) is 21.5. The Balaban J connectivity index is 1.26. The van der Waals surface area contributed by atoms with Crippen LogP contribution in [-0.2, 0) is 33.2 Å². The summed E-state index contributed by atoms with van der Waals surface area (Å²) in [4.78, 5) is 12.5. The molecule has 0 bridgehead atoms. The van der Waals surface area contributed by atoms with Gasteiger partial charge in [0.1, 0.15) is 5.78 Å². The van der Waals surface area contributed by atoms with Gasteiger partial charge in [0.2, 0.25) is 0 Å². The van der Waals surface area contributed by atoms with E-state index in [4.69, 9.17) is 28.4 Å². The Labute approximate surface area is 181 Å². The first-order valence-electron chi connectivity index (χ1n) is 11.5. The van der Waals surface area contributed by atoms with E-state index in [1.54, 1.807) is 7.11 Å². The first-order valence-corrected chi connectivity index (χ1v) is 11.5. The van der Waals surface area contributed by atoms with Gasteiger partial charge in [-0.05, 0) is 24.7 Å². The SMILES string of the molecule is COCCOCCOCCOCCC[C@H]1C(=O)C[C@@H]2CC3(C[C@@H]21)OCC(C)(C)CO3. The van der Waals surface area contributed by atoms with E-state index in [1.807, 2.05) is 0 Å². The third kappa shape index (κ3) is 6.71. The van der Waals surface area contributed by atoms with Crippen LogP contribution in [0.1, 0.15) is 46.0 Å². The van der Waals surface area contributed by atoms with Gasteiger partial charge in [0.05, 0.1) is 52.9 Å². The molecule has 30 heavy (non-hydrogen) atoms. The highest BCUT2D eigenvalue weighted by Crippen LogP contribution is 2.54. The number of carbonyl (C=O) groups excluding carboxylic acids is 1. The lowest BCUT2D eigenvalue weighted by Gasteiger charge is -2.42. The fourth-order valence-electron chi connectivity index (χ4n) is 4.94. The van der Waals surface area contributed by atoms with Crippen LogP contribution in [0, 0.1) is 23.2 Å². The Hall–Kier alpha value is -0.570. The van der Waals surface area contributed by atoms with Gasteiger partial charge in [0.25, 0.3) is 0 Å². The lowest BCUT2D eigenvalue weighted by molar-refractivity contribution is -0.297. The van der Waals surface area contributed by atoms with E-state index in [0.29, 0.717) is 70.3 Å². The Morgan fingerprint density at radius 3 is 2.13 bits per heavy atom. The maximum absolute atomic E-state index is 12.5. The lowest BCUT2D eigenvalue weighted by atomic mass is 9.88. The highest BCUT2D eigenvalue weighted by molar-refractivity contribution is 5.84. The van der Waals surface area contributed by atoms with Crippen molar-refractivity contribution in [2.75, 3.05) is 66.6 Å². The van der Waals surface area contributed by atoms with Crippen LogP contribution in [0.25, 0.3) is 0 Å². The van der Waals surface area contributed by atoms with E-state index in [-0.39, 0.29) is 11.3 Å². The summed E-state index contributed by atoms with van der Waals surface area (Å²) in [6.45, 7) is 9.95. The topological polar surface area (TPSA) is 72.5 Å². The number of fused-ring (bicyclic) bond motifs is 1. The second kappa shape index (κ2) is 11.3. The molecule has 7 heteroatoms. The number of ether oxygens (including phenoxy) is 6. The van der Waals surface area contributed by atoms with Crippen molar-refractivity contribution < 1.29 is 33.2 Å². The number of carbonyl (C=O) groups is 1. The molecule has 1 spiro atoms. The molecular weight excluding hydrogens is 388 g/mol. The van der Waals surface area contributed by atoms with Gasteiger partial charge in [0.15, 0.2) is 5.79 Å². The number of methoxy groups -OCH3 is 1. The molecule has 0 N–H and O–H groups in total. The maximum atomic E-state index is 12.5. The summed E-state index contributed by atoms with van der Waals surface area (Å²) in [6, 6.07) is 0. The van der Waals surface area contributed by atoms with Gasteiger partial charge in [-0.2, -0.15) is 0 Å². The van der Waals surface area contributed by atoms with Crippen LogP contribution >= 0.6 is 0 Å². The van der Waals surface area contributed by atoms with Crippen molar-refractivity contribution in [1.82, 2.24) is 0 Å². The van der Waals surface area contributed by atoms with Crippen molar-refractivity contribution in [3.05, 3.63) is 0 Å². The van der Waals surface area contributed by atoms with Gasteiger partial charge >= 0.3 is 0 Å². The molecule has 3 atom stereocenters. The average molecular weight is 429 g/mol. The van der Waals surface area contributed by atoms with Crippen LogP contribution < -0.4 is 0 Å². The number of rotatable bonds is 13. The fourth-order valence-corrected chi connectivity index (χ4v) is 4.94. The Kier molecular flexibility index (Phi) is 9.10. The fraction of sp³-hybridized carbons (Fsp3) is 0.957. The predicted molar refractivity (Wildman–Crippen MR) is 111 cm³/mol. The molecule has 7 nitrogen and oxygen atoms in total. The summed E-state index contributed by atoms with van der Waals surface area (Å²) in [5.41, 5.74) is 0.0796. The van der Waals surface area contributed by atoms with Gasteiger partial charge in [-0.15, -0.1) is 0 Å². The first-order chi connectivity index (χ1) is 14.4. The van der Waals surface area contributed by atoms with Crippen molar-refractivity contribution in [2.24, 2.45) is 23.2 Å². The summed E-state index contributed by atoms with van der Waals surface area (Å²) in [5, 5.41) is 0. The zero-order valence-corrected chi connectivity index (χ0v) is 19.0. The van der Waals surface area contributed by atoms with Gasteiger partial charge < -0.3 is 28.4 Å². The molecule has 0 aromatic carbocycles. The molecule has 174 valence electrons. The predicted octanol–water partition coefficient (Wildman–Crippen LogP) is 2.85. The molecule has 0 aromatic rings. The molecule has 3 fully saturated rings. The van der Waals surface area contributed by atoms with Crippen molar-refractivity contribution >= 4 is 5.78 Å². The van der Waals surface area contributed by atoms with E-state index >= 15 is 0 Å². The molecule has 3 aliphatic rings. The largest absolute Gasteiger partial charge is 0.382 e. The second-order valence-corrected chi connectivity index (χ2v) is 9.73. The number of Topliss-reactive ketones (excluding diaryl/α,β-unsaturated/α-hetero) is 1. The standard InChI is InChI=1S/C23H40O7/c1-22(2)16-29-23(30-17-22)14-18-13-21(24)19(20(18)15-23)5-4-6-26-9-10-28-12-11-27-8-7-25-3/h18-20H,4-17H2,1-3H3/t18-,19-,20+/m1/s1. The molecule has 1 aliphatic heterocycles. The Bertz CT molecular complexity index is 526. The third-order valence-corrected chi connectivity index (χ3v) is 6.55. The molecule has 1 heterocycles. The molecule has 2 aliphatic carbocycles. The minimum atomic E-state index is -0.440. The van der Waals surface area contributed by atoms with E-state index in [0.717, 1.165) is 38.9 Å². The quantitative estimate of drug-likeness (QED) is 0.418. The van der Waals surface area contributed by atoms with E-state index in [2.05, 4.69) is 13.8 Å². The molecule has 0 amide bonds.